The highest BCUT2D eigenvalue weighted by Crippen LogP contribution is 2.15. The summed E-state index contributed by atoms with van der Waals surface area (Å²) < 4.78 is 8.56. The van der Waals surface area contributed by atoms with E-state index in [4.69, 9.17) is 4.74 Å². The minimum absolute atomic E-state index is 0.295. The van der Waals surface area contributed by atoms with Crippen molar-refractivity contribution in [1.82, 2.24) is 19.1 Å². The molecule has 0 radical (unpaired) electrons. The van der Waals surface area contributed by atoms with E-state index in [9.17, 15) is 9.59 Å². The number of aromatic amines is 1. The molecule has 0 unspecified atom stereocenters. The van der Waals surface area contributed by atoms with Crippen molar-refractivity contribution >= 4 is 23.3 Å². The van der Waals surface area contributed by atoms with Gasteiger partial charge in [-0.15, -0.1) is 0 Å². The second kappa shape index (κ2) is 10.1. The molecule has 0 saturated heterocycles. The van der Waals surface area contributed by atoms with Crippen molar-refractivity contribution in [2.24, 2.45) is 0 Å². The van der Waals surface area contributed by atoms with Gasteiger partial charge < -0.3 is 9.72 Å². The molecule has 0 saturated carbocycles. The Morgan fingerprint density at radius 3 is 2.33 bits per heavy atom. The predicted molar refractivity (Wildman–Crippen MR) is 121 cm³/mol. The fraction of sp³-hybridized carbons (Fsp3) is 0.435. The Labute approximate surface area is 176 Å². The van der Waals surface area contributed by atoms with Crippen LogP contribution in [0.25, 0.3) is 23.3 Å². The van der Waals surface area contributed by atoms with Crippen LogP contribution >= 0.6 is 0 Å². The first kappa shape index (κ1) is 21.6. The number of hydrogen-bond donors (Lipinski definition) is 1. The van der Waals surface area contributed by atoms with Crippen LogP contribution in [-0.2, 0) is 13.1 Å². The minimum Gasteiger partial charge on any atom is -0.494 e. The molecular formula is C23H30N4O3. The number of benzene rings is 1. The van der Waals surface area contributed by atoms with Crippen LogP contribution in [0.1, 0.15) is 57.8 Å². The van der Waals surface area contributed by atoms with E-state index in [1.165, 1.54) is 4.57 Å². The Kier molecular flexibility index (Phi) is 7.27. The van der Waals surface area contributed by atoms with Gasteiger partial charge in [0.2, 0.25) is 0 Å². The Hall–Kier alpha value is -3.09. The average Bonchev–Trinajstić information content (AvgIpc) is 3.18. The second-order valence-electron chi connectivity index (χ2n) is 7.32. The summed E-state index contributed by atoms with van der Waals surface area (Å²) in [6, 6.07) is 7.83. The van der Waals surface area contributed by atoms with E-state index in [2.05, 4.69) is 16.9 Å². The number of unbranched alkanes of at least 4 members (excludes halogenated alkanes) is 1. The smallest absolute Gasteiger partial charge is 0.332 e. The van der Waals surface area contributed by atoms with Crippen LogP contribution in [0, 0.1) is 0 Å². The van der Waals surface area contributed by atoms with Crippen molar-refractivity contribution < 1.29 is 4.74 Å². The number of aryl methyl sites for hydroxylation is 1. The van der Waals surface area contributed by atoms with E-state index in [1.807, 2.05) is 50.3 Å². The van der Waals surface area contributed by atoms with E-state index >= 15 is 0 Å². The third kappa shape index (κ3) is 4.72. The van der Waals surface area contributed by atoms with E-state index in [-0.39, 0.29) is 11.2 Å². The maximum atomic E-state index is 12.8. The van der Waals surface area contributed by atoms with E-state index in [0.717, 1.165) is 37.2 Å². The molecule has 2 heterocycles. The van der Waals surface area contributed by atoms with Gasteiger partial charge in [0, 0.05) is 13.1 Å². The van der Waals surface area contributed by atoms with Gasteiger partial charge >= 0.3 is 5.69 Å². The largest absolute Gasteiger partial charge is 0.494 e. The highest BCUT2D eigenvalue weighted by atomic mass is 16.5. The van der Waals surface area contributed by atoms with Crippen LogP contribution in [0.3, 0.4) is 0 Å². The summed E-state index contributed by atoms with van der Waals surface area (Å²) in [5.74, 6) is 1.40. The molecule has 3 rings (SSSR count). The molecule has 7 nitrogen and oxygen atoms in total. The van der Waals surface area contributed by atoms with Crippen molar-refractivity contribution in [3.05, 3.63) is 56.5 Å². The zero-order valence-corrected chi connectivity index (χ0v) is 18.0. The molecule has 0 bridgehead atoms. The standard InChI is InChI=1S/C23H30N4O3/c1-4-7-16-30-18-11-8-17(9-12-18)10-13-19-24-20-21(25-19)26(14-5-2)23(29)27(15-6-3)22(20)28/h8-13H,4-7,14-16H2,1-3H3,(H,24,25)/b13-10+. The van der Waals surface area contributed by atoms with E-state index < -0.39 is 0 Å². The molecule has 160 valence electrons. The summed E-state index contributed by atoms with van der Waals surface area (Å²) >= 11 is 0. The molecule has 7 heteroatoms. The van der Waals surface area contributed by atoms with Gasteiger partial charge in [0.25, 0.3) is 5.56 Å². The van der Waals surface area contributed by atoms with Crippen LogP contribution in [0.4, 0.5) is 0 Å². The first-order chi connectivity index (χ1) is 14.6. The summed E-state index contributed by atoms with van der Waals surface area (Å²) in [7, 11) is 0. The summed E-state index contributed by atoms with van der Waals surface area (Å²) in [6.45, 7) is 7.72. The van der Waals surface area contributed by atoms with Crippen molar-refractivity contribution in [3.63, 3.8) is 0 Å². The monoisotopic (exact) mass is 410 g/mol. The summed E-state index contributed by atoms with van der Waals surface area (Å²) in [4.78, 5) is 33.1. The topological polar surface area (TPSA) is 81.9 Å². The van der Waals surface area contributed by atoms with Crippen LogP contribution in [0.15, 0.2) is 33.9 Å². The van der Waals surface area contributed by atoms with Crippen LogP contribution < -0.4 is 16.0 Å². The van der Waals surface area contributed by atoms with Crippen LogP contribution in [0.5, 0.6) is 5.75 Å². The molecule has 1 aromatic carbocycles. The van der Waals surface area contributed by atoms with Gasteiger partial charge in [-0.2, -0.15) is 0 Å². The fourth-order valence-electron chi connectivity index (χ4n) is 3.29. The third-order valence-corrected chi connectivity index (χ3v) is 4.85. The zero-order valence-electron chi connectivity index (χ0n) is 18.0. The van der Waals surface area contributed by atoms with Gasteiger partial charge in [0.1, 0.15) is 17.1 Å². The lowest BCUT2D eigenvalue weighted by Crippen LogP contribution is -2.40. The van der Waals surface area contributed by atoms with Gasteiger partial charge in [0.15, 0.2) is 5.65 Å². The number of hydrogen-bond acceptors (Lipinski definition) is 4. The lowest BCUT2D eigenvalue weighted by Gasteiger charge is -2.09. The molecule has 0 aliphatic heterocycles. The second-order valence-corrected chi connectivity index (χ2v) is 7.32. The molecule has 0 aliphatic carbocycles. The Balaban J connectivity index is 1.90. The molecule has 0 fully saturated rings. The average molecular weight is 411 g/mol. The van der Waals surface area contributed by atoms with Crippen LogP contribution in [-0.4, -0.2) is 25.7 Å². The third-order valence-electron chi connectivity index (χ3n) is 4.85. The molecule has 0 atom stereocenters. The van der Waals surface area contributed by atoms with Crippen LogP contribution in [0.2, 0.25) is 0 Å². The molecule has 2 aromatic heterocycles. The first-order valence-electron chi connectivity index (χ1n) is 10.7. The van der Waals surface area contributed by atoms with Crippen molar-refractivity contribution in [1.29, 1.82) is 0 Å². The number of imidazole rings is 1. The Morgan fingerprint density at radius 2 is 1.67 bits per heavy atom. The Morgan fingerprint density at radius 1 is 0.967 bits per heavy atom. The van der Waals surface area contributed by atoms with E-state index in [1.54, 1.807) is 4.57 Å². The molecule has 3 aromatic rings. The van der Waals surface area contributed by atoms with Crippen molar-refractivity contribution in [3.8, 4) is 5.75 Å². The summed E-state index contributed by atoms with van der Waals surface area (Å²) in [5.41, 5.74) is 1.17. The molecule has 0 aliphatic rings. The van der Waals surface area contributed by atoms with Gasteiger partial charge in [-0.3, -0.25) is 13.9 Å². The number of nitrogens with zero attached hydrogens (tertiary/aromatic N) is 3. The molecule has 0 amide bonds. The first-order valence-corrected chi connectivity index (χ1v) is 10.7. The SMILES string of the molecule is CCCCOc1ccc(/C=C/c2nc3c([nH]2)c(=O)n(CCC)c(=O)n3CCC)cc1. The number of rotatable bonds is 10. The maximum Gasteiger partial charge on any atom is 0.332 e. The number of H-pyrrole nitrogens is 1. The van der Waals surface area contributed by atoms with E-state index in [0.29, 0.717) is 36.5 Å². The number of aromatic nitrogens is 4. The van der Waals surface area contributed by atoms with Gasteiger partial charge in [-0.1, -0.05) is 45.4 Å². The quantitative estimate of drug-likeness (QED) is 0.511. The van der Waals surface area contributed by atoms with Gasteiger partial charge in [-0.25, -0.2) is 9.78 Å². The van der Waals surface area contributed by atoms with Gasteiger partial charge in [0.05, 0.1) is 6.61 Å². The number of nitrogens with one attached hydrogen (secondary N) is 1. The highest BCUT2D eigenvalue weighted by Gasteiger charge is 2.15. The number of fused-ring (bicyclic) bond motifs is 1. The normalized spacial score (nSPS) is 11.6. The van der Waals surface area contributed by atoms with Crippen molar-refractivity contribution in [2.75, 3.05) is 6.61 Å². The molecular weight excluding hydrogens is 380 g/mol. The van der Waals surface area contributed by atoms with Gasteiger partial charge in [-0.05, 0) is 43.0 Å². The predicted octanol–water partition coefficient (Wildman–Crippen LogP) is 4.06. The highest BCUT2D eigenvalue weighted by molar-refractivity contribution is 5.75. The zero-order chi connectivity index (χ0) is 21.5. The fourth-order valence-corrected chi connectivity index (χ4v) is 3.29. The lowest BCUT2D eigenvalue weighted by molar-refractivity contribution is 0.309. The van der Waals surface area contributed by atoms with Crippen molar-refractivity contribution in [2.45, 2.75) is 59.5 Å². The summed E-state index contributed by atoms with van der Waals surface area (Å²) in [6.07, 6.45) is 7.37. The molecule has 1 N–H and O–H groups in total. The maximum absolute atomic E-state index is 12.8. The summed E-state index contributed by atoms with van der Waals surface area (Å²) in [5, 5.41) is 0. The minimum atomic E-state index is -0.315. The molecule has 30 heavy (non-hydrogen) atoms. The number of ether oxygens (including phenoxy) is 1. The lowest BCUT2D eigenvalue weighted by atomic mass is 10.2. The Bertz CT molecular complexity index is 1120. The molecule has 0 spiro atoms.